The topological polar surface area (TPSA) is 12.0 Å². The molecule has 0 aliphatic heterocycles. The van der Waals surface area contributed by atoms with Crippen molar-refractivity contribution in [3.8, 4) is 0 Å². The van der Waals surface area contributed by atoms with Gasteiger partial charge in [-0.05, 0) is 56.5 Å². The van der Waals surface area contributed by atoms with E-state index in [1.54, 1.807) is 0 Å². The zero-order valence-corrected chi connectivity index (χ0v) is 13.7. The van der Waals surface area contributed by atoms with Crippen molar-refractivity contribution in [2.75, 3.05) is 7.05 Å². The van der Waals surface area contributed by atoms with Crippen LogP contribution in [0.25, 0.3) is 0 Å². The van der Waals surface area contributed by atoms with Gasteiger partial charge >= 0.3 is 0 Å². The third-order valence-corrected chi connectivity index (χ3v) is 4.59. The Bertz CT molecular complexity index is 456. The Hall–Kier alpha value is -0.310. The van der Waals surface area contributed by atoms with Crippen LogP contribution >= 0.6 is 27.5 Å². The lowest BCUT2D eigenvalue weighted by atomic mass is 9.91. The third-order valence-electron chi connectivity index (χ3n) is 3.75. The van der Waals surface area contributed by atoms with Gasteiger partial charge in [-0.15, -0.1) is 0 Å². The summed E-state index contributed by atoms with van der Waals surface area (Å²) in [4.78, 5) is 0. The fourth-order valence-electron chi connectivity index (χ4n) is 2.76. The molecule has 0 radical (unpaired) electrons. The number of nitrogens with one attached hydrogen (secondary N) is 1. The highest BCUT2D eigenvalue weighted by Gasteiger charge is 2.18. The summed E-state index contributed by atoms with van der Waals surface area (Å²) in [6.45, 7) is 0. The molecule has 0 aromatic heterocycles. The SMILES string of the molecule is CNC(/C1=C/CCCCCC1)c1cc(Br)ccc1Cl. The van der Waals surface area contributed by atoms with Crippen LogP contribution in [-0.2, 0) is 0 Å². The molecule has 2 rings (SSSR count). The highest BCUT2D eigenvalue weighted by Crippen LogP contribution is 2.33. The van der Waals surface area contributed by atoms with E-state index in [-0.39, 0.29) is 6.04 Å². The highest BCUT2D eigenvalue weighted by atomic mass is 79.9. The molecule has 1 unspecified atom stereocenters. The minimum Gasteiger partial charge on any atom is -0.310 e. The summed E-state index contributed by atoms with van der Waals surface area (Å²) in [5, 5.41) is 4.27. The summed E-state index contributed by atoms with van der Waals surface area (Å²) in [5.41, 5.74) is 2.66. The first-order valence-corrected chi connectivity index (χ1v) is 8.20. The Morgan fingerprint density at radius 2 is 2.00 bits per heavy atom. The van der Waals surface area contributed by atoms with Gasteiger partial charge in [-0.3, -0.25) is 0 Å². The zero-order valence-electron chi connectivity index (χ0n) is 11.4. The van der Waals surface area contributed by atoms with Gasteiger partial charge in [-0.25, -0.2) is 0 Å². The van der Waals surface area contributed by atoms with Gasteiger partial charge in [-0.1, -0.05) is 52.0 Å². The molecule has 3 heteroatoms. The molecule has 104 valence electrons. The predicted octanol–water partition coefficient (Wildman–Crippen LogP) is 5.64. The molecule has 0 fully saturated rings. The highest BCUT2D eigenvalue weighted by molar-refractivity contribution is 9.10. The molecular formula is C16H21BrClN. The van der Waals surface area contributed by atoms with Crippen molar-refractivity contribution in [2.45, 2.75) is 44.6 Å². The normalized spacial score (nSPS) is 21.1. The second-order valence-corrected chi connectivity index (χ2v) is 6.44. The number of hydrogen-bond donors (Lipinski definition) is 1. The first-order chi connectivity index (χ1) is 9.22. The lowest BCUT2D eigenvalue weighted by Gasteiger charge is -2.23. The molecule has 1 aromatic rings. The first-order valence-electron chi connectivity index (χ1n) is 7.03. The van der Waals surface area contributed by atoms with Gasteiger partial charge in [-0.2, -0.15) is 0 Å². The van der Waals surface area contributed by atoms with Crippen LogP contribution < -0.4 is 5.32 Å². The second-order valence-electron chi connectivity index (χ2n) is 5.12. The summed E-state index contributed by atoms with van der Waals surface area (Å²) in [6, 6.07) is 6.33. The minimum atomic E-state index is 0.239. The molecule has 1 N–H and O–H groups in total. The number of halogens is 2. The quantitative estimate of drug-likeness (QED) is 0.700. The number of likely N-dealkylation sites (N-methyl/N-ethyl adjacent to an activating group) is 1. The smallest absolute Gasteiger partial charge is 0.0548 e. The van der Waals surface area contributed by atoms with Crippen molar-refractivity contribution >= 4 is 27.5 Å². The van der Waals surface area contributed by atoms with Gasteiger partial charge in [0, 0.05) is 9.50 Å². The Morgan fingerprint density at radius 1 is 1.21 bits per heavy atom. The van der Waals surface area contributed by atoms with Gasteiger partial charge in [0.05, 0.1) is 6.04 Å². The third kappa shape index (κ3) is 4.08. The maximum Gasteiger partial charge on any atom is 0.0548 e. The van der Waals surface area contributed by atoms with Gasteiger partial charge < -0.3 is 5.32 Å². The van der Waals surface area contributed by atoms with E-state index < -0.39 is 0 Å². The van der Waals surface area contributed by atoms with Crippen LogP contribution in [0.4, 0.5) is 0 Å². The molecule has 0 heterocycles. The second kappa shape index (κ2) is 7.47. The Morgan fingerprint density at radius 3 is 2.79 bits per heavy atom. The van der Waals surface area contributed by atoms with Gasteiger partial charge in [0.25, 0.3) is 0 Å². The number of allylic oxidation sites excluding steroid dienone is 1. The van der Waals surface area contributed by atoms with Gasteiger partial charge in [0.15, 0.2) is 0 Å². The van der Waals surface area contributed by atoms with E-state index in [2.05, 4.69) is 33.4 Å². The molecule has 0 amide bonds. The van der Waals surface area contributed by atoms with E-state index in [4.69, 9.17) is 11.6 Å². The van der Waals surface area contributed by atoms with Gasteiger partial charge in [0.2, 0.25) is 0 Å². The van der Waals surface area contributed by atoms with E-state index >= 15 is 0 Å². The van der Waals surface area contributed by atoms with Crippen LogP contribution in [0.2, 0.25) is 5.02 Å². The van der Waals surface area contributed by atoms with Crippen molar-refractivity contribution in [3.63, 3.8) is 0 Å². The standard InChI is InChI=1S/C16H21BrClN/c1-19-16(12-7-5-3-2-4-6-8-12)14-11-13(17)9-10-15(14)18/h7,9-11,16,19H,2-6,8H2,1H3/b12-7+. The maximum atomic E-state index is 6.37. The minimum absolute atomic E-state index is 0.239. The number of hydrogen-bond acceptors (Lipinski definition) is 1. The molecule has 1 nitrogen and oxygen atoms in total. The molecule has 1 aliphatic rings. The fraction of sp³-hybridized carbons (Fsp3) is 0.500. The average Bonchev–Trinajstić information content (AvgIpc) is 2.36. The molecule has 1 aromatic carbocycles. The first kappa shape index (κ1) is 15.1. The van der Waals surface area contributed by atoms with Crippen LogP contribution in [0.3, 0.4) is 0 Å². The van der Waals surface area contributed by atoms with Gasteiger partial charge in [0.1, 0.15) is 0 Å². The lowest BCUT2D eigenvalue weighted by Crippen LogP contribution is -2.19. The van der Waals surface area contributed by atoms with E-state index in [1.807, 2.05) is 19.2 Å². The van der Waals surface area contributed by atoms with Crippen molar-refractivity contribution < 1.29 is 0 Å². The van der Waals surface area contributed by atoms with Crippen LogP contribution in [0.15, 0.2) is 34.3 Å². The molecule has 19 heavy (non-hydrogen) atoms. The van der Waals surface area contributed by atoms with Crippen molar-refractivity contribution in [1.29, 1.82) is 0 Å². The molecule has 0 spiro atoms. The Balaban J connectivity index is 2.29. The predicted molar refractivity (Wildman–Crippen MR) is 86.7 cm³/mol. The monoisotopic (exact) mass is 341 g/mol. The van der Waals surface area contributed by atoms with Crippen LogP contribution in [0.5, 0.6) is 0 Å². The number of benzene rings is 1. The number of rotatable bonds is 3. The van der Waals surface area contributed by atoms with Crippen molar-refractivity contribution in [2.24, 2.45) is 0 Å². The van der Waals surface area contributed by atoms with E-state index in [9.17, 15) is 0 Å². The summed E-state index contributed by atoms with van der Waals surface area (Å²) >= 11 is 9.91. The molecule has 0 bridgehead atoms. The van der Waals surface area contributed by atoms with Crippen LogP contribution in [0, 0.1) is 0 Å². The molecule has 0 saturated carbocycles. The Labute approximate surface area is 129 Å². The van der Waals surface area contributed by atoms with Crippen LogP contribution in [0.1, 0.15) is 50.1 Å². The van der Waals surface area contributed by atoms with E-state index in [0.29, 0.717) is 0 Å². The largest absolute Gasteiger partial charge is 0.310 e. The fourth-order valence-corrected chi connectivity index (χ4v) is 3.36. The maximum absolute atomic E-state index is 6.37. The molecule has 1 atom stereocenters. The Kier molecular flexibility index (Phi) is 5.93. The van der Waals surface area contributed by atoms with Crippen molar-refractivity contribution in [3.05, 3.63) is 44.9 Å². The zero-order chi connectivity index (χ0) is 13.7. The summed E-state index contributed by atoms with van der Waals surface area (Å²) in [7, 11) is 2.02. The molecule has 1 aliphatic carbocycles. The van der Waals surface area contributed by atoms with E-state index in [0.717, 1.165) is 9.50 Å². The summed E-state index contributed by atoms with van der Waals surface area (Å²) in [6.07, 6.45) is 10.1. The summed E-state index contributed by atoms with van der Waals surface area (Å²) in [5.74, 6) is 0. The van der Waals surface area contributed by atoms with Crippen molar-refractivity contribution in [1.82, 2.24) is 5.32 Å². The molecule has 0 saturated heterocycles. The van der Waals surface area contributed by atoms with Crippen LogP contribution in [-0.4, -0.2) is 7.05 Å². The van der Waals surface area contributed by atoms with E-state index in [1.165, 1.54) is 49.7 Å². The summed E-state index contributed by atoms with van der Waals surface area (Å²) < 4.78 is 1.08. The molecular weight excluding hydrogens is 322 g/mol. The average molecular weight is 343 g/mol. The lowest BCUT2D eigenvalue weighted by molar-refractivity contribution is 0.574.